The minimum Gasteiger partial charge on any atom is -0.394 e. The van der Waals surface area contributed by atoms with Crippen LogP contribution in [0.2, 0.25) is 10.0 Å². The number of aliphatic hydroxyl groups is 2. The van der Waals surface area contributed by atoms with E-state index in [4.69, 9.17) is 33.4 Å². The van der Waals surface area contributed by atoms with Crippen LogP contribution in [0.4, 0.5) is 0 Å². The van der Waals surface area contributed by atoms with E-state index in [1.165, 1.54) is 17.8 Å². The molecule has 0 aliphatic heterocycles. The van der Waals surface area contributed by atoms with Gasteiger partial charge in [0.1, 0.15) is 0 Å². The zero-order valence-corrected chi connectivity index (χ0v) is 11.2. The van der Waals surface area contributed by atoms with Crippen molar-refractivity contribution in [2.24, 2.45) is 0 Å². The number of rotatable bonds is 6. The second-order valence-corrected chi connectivity index (χ2v) is 5.27. The Morgan fingerprint density at radius 3 is 2.76 bits per heavy atom. The molecule has 1 aromatic carbocycles. The third-order valence-electron chi connectivity index (χ3n) is 1.98. The predicted molar refractivity (Wildman–Crippen MR) is 71.2 cm³/mol. The molecule has 94 valence electrons. The highest BCUT2D eigenvalue weighted by molar-refractivity contribution is 8.00. The fraction of sp³-hybridized carbons (Fsp3) is 0.364. The summed E-state index contributed by atoms with van der Waals surface area (Å²) in [5, 5.41) is 18.5. The molecule has 1 rings (SSSR count). The summed E-state index contributed by atoms with van der Waals surface area (Å²) in [6, 6.07) is 4.71. The number of carbonyl (C=O) groups is 1. The summed E-state index contributed by atoms with van der Waals surface area (Å²) >= 11 is 12.9. The Kier molecular flexibility index (Phi) is 6.30. The van der Waals surface area contributed by atoms with Crippen molar-refractivity contribution in [3.8, 4) is 0 Å². The van der Waals surface area contributed by atoms with E-state index in [0.717, 1.165) is 0 Å². The Bertz CT molecular complexity index is 398. The van der Waals surface area contributed by atoms with Gasteiger partial charge in [-0.2, -0.15) is 11.8 Å². The lowest BCUT2D eigenvalue weighted by Crippen LogP contribution is -2.16. The summed E-state index contributed by atoms with van der Waals surface area (Å²) < 4.78 is 0. The molecule has 17 heavy (non-hydrogen) atoms. The summed E-state index contributed by atoms with van der Waals surface area (Å²) in [4.78, 5) is 11.8. The van der Waals surface area contributed by atoms with Gasteiger partial charge in [-0.1, -0.05) is 23.2 Å². The summed E-state index contributed by atoms with van der Waals surface area (Å²) in [5.74, 6) is 0.352. The first-order chi connectivity index (χ1) is 8.04. The van der Waals surface area contributed by atoms with Crippen molar-refractivity contribution >= 4 is 40.7 Å². The van der Waals surface area contributed by atoms with Gasteiger partial charge in [-0.25, -0.2) is 0 Å². The SMILES string of the molecule is O=C(CSCC(O)CO)c1cc(Cl)ccc1Cl. The Hall–Kier alpha value is -0.260. The fourth-order valence-electron chi connectivity index (χ4n) is 1.13. The van der Waals surface area contributed by atoms with E-state index in [1.807, 2.05) is 0 Å². The van der Waals surface area contributed by atoms with Gasteiger partial charge in [0.25, 0.3) is 0 Å². The molecule has 3 nitrogen and oxygen atoms in total. The quantitative estimate of drug-likeness (QED) is 0.790. The van der Waals surface area contributed by atoms with Crippen molar-refractivity contribution < 1.29 is 15.0 Å². The number of hydrogen-bond acceptors (Lipinski definition) is 4. The van der Waals surface area contributed by atoms with Crippen LogP contribution in [0.1, 0.15) is 10.4 Å². The largest absolute Gasteiger partial charge is 0.394 e. The first-order valence-corrected chi connectivity index (χ1v) is 6.80. The first kappa shape index (κ1) is 14.8. The van der Waals surface area contributed by atoms with Crippen LogP contribution < -0.4 is 0 Å². The van der Waals surface area contributed by atoms with Crippen LogP contribution in [0, 0.1) is 0 Å². The average molecular weight is 295 g/mol. The van der Waals surface area contributed by atoms with Gasteiger partial charge in [0.15, 0.2) is 5.78 Å². The molecule has 0 aliphatic rings. The van der Waals surface area contributed by atoms with Crippen LogP contribution in [0.5, 0.6) is 0 Å². The van der Waals surface area contributed by atoms with E-state index >= 15 is 0 Å². The van der Waals surface area contributed by atoms with E-state index < -0.39 is 6.10 Å². The second-order valence-electron chi connectivity index (χ2n) is 3.40. The molecule has 0 heterocycles. The average Bonchev–Trinajstić information content (AvgIpc) is 2.31. The maximum absolute atomic E-state index is 11.8. The highest BCUT2D eigenvalue weighted by atomic mass is 35.5. The lowest BCUT2D eigenvalue weighted by atomic mass is 10.1. The van der Waals surface area contributed by atoms with Gasteiger partial charge in [0.05, 0.1) is 23.5 Å². The predicted octanol–water partition coefficient (Wildman–Crippen LogP) is 2.26. The minimum atomic E-state index is -0.803. The summed E-state index contributed by atoms with van der Waals surface area (Å²) in [7, 11) is 0. The number of hydrogen-bond donors (Lipinski definition) is 2. The van der Waals surface area contributed by atoms with Crippen molar-refractivity contribution in [1.29, 1.82) is 0 Å². The van der Waals surface area contributed by atoms with Crippen molar-refractivity contribution in [3.05, 3.63) is 33.8 Å². The molecular weight excluding hydrogens is 283 g/mol. The van der Waals surface area contributed by atoms with Crippen LogP contribution in [0.3, 0.4) is 0 Å². The molecule has 0 saturated heterocycles. The number of thioether (sulfide) groups is 1. The van der Waals surface area contributed by atoms with Crippen molar-refractivity contribution in [2.45, 2.75) is 6.10 Å². The molecule has 6 heteroatoms. The lowest BCUT2D eigenvalue weighted by Gasteiger charge is -2.07. The maximum Gasteiger partial charge on any atom is 0.174 e. The summed E-state index contributed by atoms with van der Waals surface area (Å²) in [5.41, 5.74) is 0.380. The maximum atomic E-state index is 11.8. The summed E-state index contributed by atoms with van der Waals surface area (Å²) in [6.07, 6.45) is -0.803. The van der Waals surface area contributed by atoms with Gasteiger partial charge in [-0.15, -0.1) is 0 Å². The topological polar surface area (TPSA) is 57.5 Å². The smallest absolute Gasteiger partial charge is 0.174 e. The van der Waals surface area contributed by atoms with E-state index in [9.17, 15) is 4.79 Å². The van der Waals surface area contributed by atoms with Gasteiger partial charge in [-0.3, -0.25) is 4.79 Å². The van der Waals surface area contributed by atoms with Gasteiger partial charge in [-0.05, 0) is 18.2 Å². The van der Waals surface area contributed by atoms with Crippen LogP contribution >= 0.6 is 35.0 Å². The van der Waals surface area contributed by atoms with Gasteiger partial charge in [0, 0.05) is 16.3 Å². The zero-order chi connectivity index (χ0) is 12.8. The standard InChI is InChI=1S/C11H12Cl2O3S/c12-7-1-2-10(13)9(3-7)11(16)6-17-5-8(15)4-14/h1-3,8,14-15H,4-6H2. The molecule has 0 radical (unpaired) electrons. The molecule has 0 aliphatic carbocycles. The molecule has 0 amide bonds. The van der Waals surface area contributed by atoms with Crippen LogP contribution in [0.15, 0.2) is 18.2 Å². The van der Waals surface area contributed by atoms with Crippen molar-refractivity contribution in [1.82, 2.24) is 0 Å². The number of halogens is 2. The highest BCUT2D eigenvalue weighted by Gasteiger charge is 2.12. The third kappa shape index (κ3) is 4.85. The third-order valence-corrected chi connectivity index (χ3v) is 3.63. The first-order valence-electron chi connectivity index (χ1n) is 4.89. The lowest BCUT2D eigenvalue weighted by molar-refractivity contribution is 0.102. The Morgan fingerprint density at radius 2 is 2.12 bits per heavy atom. The van der Waals surface area contributed by atoms with Gasteiger partial charge >= 0.3 is 0 Å². The molecule has 1 unspecified atom stereocenters. The molecule has 0 spiro atoms. The molecule has 1 aromatic rings. The summed E-state index contributed by atoms with van der Waals surface area (Å²) in [6.45, 7) is -0.306. The highest BCUT2D eigenvalue weighted by Crippen LogP contribution is 2.22. The van der Waals surface area contributed by atoms with E-state index in [2.05, 4.69) is 0 Å². The second kappa shape index (κ2) is 7.24. The van der Waals surface area contributed by atoms with Gasteiger partial charge < -0.3 is 10.2 Å². The Morgan fingerprint density at radius 1 is 1.41 bits per heavy atom. The fourth-order valence-corrected chi connectivity index (χ4v) is 2.36. The van der Waals surface area contributed by atoms with Crippen LogP contribution in [-0.4, -0.2) is 40.2 Å². The Labute approximate surface area is 114 Å². The molecule has 0 saturated carbocycles. The number of Topliss-reactive ketones (excluding diaryl/α,β-unsaturated/α-hetero) is 1. The Balaban J connectivity index is 2.55. The number of aliphatic hydroxyl groups excluding tert-OH is 2. The number of benzene rings is 1. The molecule has 2 N–H and O–H groups in total. The van der Waals surface area contributed by atoms with Crippen LogP contribution in [-0.2, 0) is 0 Å². The number of ketones is 1. The molecular formula is C11H12Cl2O3S. The zero-order valence-electron chi connectivity index (χ0n) is 8.90. The number of carbonyl (C=O) groups excluding carboxylic acids is 1. The molecule has 1 atom stereocenters. The molecule has 0 fully saturated rings. The van der Waals surface area contributed by atoms with E-state index in [0.29, 0.717) is 21.4 Å². The van der Waals surface area contributed by atoms with E-state index in [-0.39, 0.29) is 18.1 Å². The molecule has 0 bridgehead atoms. The normalized spacial score (nSPS) is 12.5. The minimum absolute atomic E-state index is 0.146. The van der Waals surface area contributed by atoms with Crippen molar-refractivity contribution in [3.63, 3.8) is 0 Å². The monoisotopic (exact) mass is 294 g/mol. The van der Waals surface area contributed by atoms with Crippen LogP contribution in [0.25, 0.3) is 0 Å². The van der Waals surface area contributed by atoms with E-state index in [1.54, 1.807) is 12.1 Å². The van der Waals surface area contributed by atoms with Gasteiger partial charge in [0.2, 0.25) is 0 Å². The van der Waals surface area contributed by atoms with Crippen molar-refractivity contribution in [2.75, 3.05) is 18.1 Å². The molecule has 0 aromatic heterocycles.